The second-order valence-corrected chi connectivity index (χ2v) is 5.35. The van der Waals surface area contributed by atoms with E-state index in [0.29, 0.717) is 6.04 Å². The fourth-order valence-corrected chi connectivity index (χ4v) is 2.14. The predicted octanol–water partition coefficient (Wildman–Crippen LogP) is 3.51. The molecule has 1 fully saturated rings. The van der Waals surface area contributed by atoms with Crippen LogP contribution in [0.15, 0.2) is 18.2 Å². The van der Waals surface area contributed by atoms with Gasteiger partial charge in [-0.1, -0.05) is 19.4 Å². The summed E-state index contributed by atoms with van der Waals surface area (Å²) in [5.41, 5.74) is 1.22. The first-order valence-electron chi connectivity index (χ1n) is 7.30. The van der Waals surface area contributed by atoms with Gasteiger partial charge in [-0.15, -0.1) is 0 Å². The normalized spacial score (nSPS) is 16.2. The van der Waals surface area contributed by atoms with Crippen molar-refractivity contribution in [2.45, 2.75) is 58.2 Å². The van der Waals surface area contributed by atoms with Gasteiger partial charge in [0, 0.05) is 24.2 Å². The summed E-state index contributed by atoms with van der Waals surface area (Å²) in [6.07, 6.45) is 5.07. The van der Waals surface area contributed by atoms with E-state index in [2.05, 4.69) is 25.2 Å². The Kier molecular flexibility index (Phi) is 5.08. The standard InChI is InChI=1S/C16H25NO2/c1-4-5-12(2)19-16-10-15(18-3)9-6-13(16)11-17-14-7-8-14/h6,9-10,12,14,17H,4-5,7-8,11H2,1-3H3. The van der Waals surface area contributed by atoms with Gasteiger partial charge in [-0.2, -0.15) is 0 Å². The Balaban J connectivity index is 2.05. The summed E-state index contributed by atoms with van der Waals surface area (Å²) in [5.74, 6) is 1.81. The molecule has 0 bridgehead atoms. The number of benzene rings is 1. The number of hydrogen-bond acceptors (Lipinski definition) is 3. The van der Waals surface area contributed by atoms with E-state index in [1.54, 1.807) is 7.11 Å². The first-order valence-corrected chi connectivity index (χ1v) is 7.30. The van der Waals surface area contributed by atoms with E-state index in [1.807, 2.05) is 12.1 Å². The van der Waals surface area contributed by atoms with Crippen LogP contribution in [0, 0.1) is 0 Å². The maximum atomic E-state index is 6.06. The van der Waals surface area contributed by atoms with Gasteiger partial charge < -0.3 is 14.8 Å². The maximum absolute atomic E-state index is 6.06. The first-order chi connectivity index (χ1) is 9.22. The van der Waals surface area contributed by atoms with Crippen molar-refractivity contribution in [3.63, 3.8) is 0 Å². The monoisotopic (exact) mass is 263 g/mol. The highest BCUT2D eigenvalue weighted by Crippen LogP contribution is 2.28. The molecule has 0 spiro atoms. The molecule has 3 heteroatoms. The average molecular weight is 263 g/mol. The van der Waals surface area contributed by atoms with Gasteiger partial charge in [-0.25, -0.2) is 0 Å². The highest BCUT2D eigenvalue weighted by Gasteiger charge is 2.21. The summed E-state index contributed by atoms with van der Waals surface area (Å²) in [6.45, 7) is 5.19. The molecule has 0 aliphatic heterocycles. The summed E-state index contributed by atoms with van der Waals surface area (Å²) in [6, 6.07) is 6.81. The van der Waals surface area contributed by atoms with Gasteiger partial charge in [0.15, 0.2) is 0 Å². The van der Waals surface area contributed by atoms with Crippen LogP contribution >= 0.6 is 0 Å². The van der Waals surface area contributed by atoms with Crippen LogP contribution in [0.25, 0.3) is 0 Å². The van der Waals surface area contributed by atoms with Crippen LogP contribution in [0.3, 0.4) is 0 Å². The minimum atomic E-state index is 0.247. The number of ether oxygens (including phenoxy) is 2. The molecule has 106 valence electrons. The van der Waals surface area contributed by atoms with Gasteiger partial charge in [0.1, 0.15) is 11.5 Å². The van der Waals surface area contributed by atoms with E-state index in [1.165, 1.54) is 18.4 Å². The van der Waals surface area contributed by atoms with Crippen LogP contribution in [0.4, 0.5) is 0 Å². The lowest BCUT2D eigenvalue weighted by Gasteiger charge is -2.18. The van der Waals surface area contributed by atoms with Crippen molar-refractivity contribution >= 4 is 0 Å². The number of nitrogens with one attached hydrogen (secondary N) is 1. The summed E-state index contributed by atoms with van der Waals surface area (Å²) in [7, 11) is 1.69. The van der Waals surface area contributed by atoms with Crippen LogP contribution in [-0.2, 0) is 6.54 Å². The van der Waals surface area contributed by atoms with Crippen LogP contribution in [0.1, 0.15) is 45.1 Å². The molecule has 1 aromatic carbocycles. The molecule has 1 aromatic rings. The van der Waals surface area contributed by atoms with Gasteiger partial charge in [0.25, 0.3) is 0 Å². The third-order valence-corrected chi connectivity index (χ3v) is 3.46. The molecule has 1 N–H and O–H groups in total. The minimum absolute atomic E-state index is 0.247. The number of methoxy groups -OCH3 is 1. The first kappa shape index (κ1) is 14.2. The Labute approximate surface area is 116 Å². The lowest BCUT2D eigenvalue weighted by molar-refractivity contribution is 0.206. The van der Waals surface area contributed by atoms with E-state index in [4.69, 9.17) is 9.47 Å². The molecule has 0 aromatic heterocycles. The van der Waals surface area contributed by atoms with Crippen LogP contribution in [0.5, 0.6) is 11.5 Å². The molecule has 1 unspecified atom stereocenters. The van der Waals surface area contributed by atoms with Crippen molar-refractivity contribution in [1.29, 1.82) is 0 Å². The van der Waals surface area contributed by atoms with Crippen molar-refractivity contribution in [3.8, 4) is 11.5 Å². The van der Waals surface area contributed by atoms with E-state index >= 15 is 0 Å². The van der Waals surface area contributed by atoms with E-state index in [9.17, 15) is 0 Å². The summed E-state index contributed by atoms with van der Waals surface area (Å²) in [4.78, 5) is 0. The topological polar surface area (TPSA) is 30.5 Å². The number of rotatable bonds is 8. The van der Waals surface area contributed by atoms with E-state index < -0.39 is 0 Å². The molecule has 3 nitrogen and oxygen atoms in total. The quantitative estimate of drug-likeness (QED) is 0.778. The Bertz CT molecular complexity index is 402. The summed E-state index contributed by atoms with van der Waals surface area (Å²) in [5, 5.41) is 3.54. The fourth-order valence-electron chi connectivity index (χ4n) is 2.14. The second kappa shape index (κ2) is 6.80. The molecular formula is C16H25NO2. The average Bonchev–Trinajstić information content (AvgIpc) is 3.21. The SMILES string of the molecule is CCCC(C)Oc1cc(OC)ccc1CNC1CC1. The molecule has 1 atom stereocenters. The highest BCUT2D eigenvalue weighted by atomic mass is 16.5. The van der Waals surface area contributed by atoms with Crippen molar-refractivity contribution < 1.29 is 9.47 Å². The molecule has 2 rings (SSSR count). The molecule has 1 aliphatic rings. The molecule has 1 aliphatic carbocycles. The third kappa shape index (κ3) is 4.43. The molecular weight excluding hydrogens is 238 g/mol. The lowest BCUT2D eigenvalue weighted by atomic mass is 10.1. The van der Waals surface area contributed by atoms with Gasteiger partial charge in [0.2, 0.25) is 0 Å². The highest BCUT2D eigenvalue weighted by molar-refractivity contribution is 5.41. The minimum Gasteiger partial charge on any atom is -0.497 e. The van der Waals surface area contributed by atoms with Crippen LogP contribution in [-0.4, -0.2) is 19.3 Å². The van der Waals surface area contributed by atoms with Crippen molar-refractivity contribution in [2.24, 2.45) is 0 Å². The van der Waals surface area contributed by atoms with Crippen molar-refractivity contribution in [2.75, 3.05) is 7.11 Å². The number of hydrogen-bond donors (Lipinski definition) is 1. The Morgan fingerprint density at radius 1 is 1.37 bits per heavy atom. The zero-order chi connectivity index (χ0) is 13.7. The van der Waals surface area contributed by atoms with Gasteiger partial charge >= 0.3 is 0 Å². The van der Waals surface area contributed by atoms with Crippen LogP contribution in [0.2, 0.25) is 0 Å². The molecule has 0 radical (unpaired) electrons. The summed E-state index contributed by atoms with van der Waals surface area (Å²) < 4.78 is 11.3. The van der Waals surface area contributed by atoms with E-state index in [-0.39, 0.29) is 6.10 Å². The van der Waals surface area contributed by atoms with Crippen molar-refractivity contribution in [1.82, 2.24) is 5.32 Å². The molecule has 19 heavy (non-hydrogen) atoms. The summed E-state index contributed by atoms with van der Waals surface area (Å²) >= 11 is 0. The molecule has 0 heterocycles. The zero-order valence-electron chi connectivity index (χ0n) is 12.2. The smallest absolute Gasteiger partial charge is 0.127 e. The fraction of sp³-hybridized carbons (Fsp3) is 0.625. The molecule has 0 amide bonds. The third-order valence-electron chi connectivity index (χ3n) is 3.46. The second-order valence-electron chi connectivity index (χ2n) is 5.35. The van der Waals surface area contributed by atoms with E-state index in [0.717, 1.165) is 30.9 Å². The molecule has 1 saturated carbocycles. The predicted molar refractivity (Wildman–Crippen MR) is 77.9 cm³/mol. The van der Waals surface area contributed by atoms with Crippen molar-refractivity contribution in [3.05, 3.63) is 23.8 Å². The van der Waals surface area contributed by atoms with Gasteiger partial charge in [-0.05, 0) is 32.3 Å². The Morgan fingerprint density at radius 2 is 2.16 bits per heavy atom. The zero-order valence-corrected chi connectivity index (χ0v) is 12.2. The lowest BCUT2D eigenvalue weighted by Crippen LogP contribution is -2.18. The van der Waals surface area contributed by atoms with Crippen LogP contribution < -0.4 is 14.8 Å². The molecule has 0 saturated heterocycles. The Morgan fingerprint density at radius 3 is 2.79 bits per heavy atom. The van der Waals surface area contributed by atoms with Gasteiger partial charge in [0.05, 0.1) is 13.2 Å². The Hall–Kier alpha value is -1.22. The van der Waals surface area contributed by atoms with Gasteiger partial charge in [-0.3, -0.25) is 0 Å². The maximum Gasteiger partial charge on any atom is 0.127 e. The largest absolute Gasteiger partial charge is 0.497 e.